The first-order valence-electron chi connectivity index (χ1n) is 9.82. The first-order chi connectivity index (χ1) is 13.8. The Morgan fingerprint density at radius 1 is 1.21 bits per heavy atom. The van der Waals surface area contributed by atoms with Crippen LogP contribution in [0.5, 0.6) is 0 Å². The Hall–Kier alpha value is -2.86. The lowest BCUT2D eigenvalue weighted by Gasteiger charge is -2.29. The van der Waals surface area contributed by atoms with Crippen LogP contribution in [-0.4, -0.2) is 51.6 Å². The molecule has 6 heteroatoms. The largest absolute Gasteiger partial charge is 0.376 e. The van der Waals surface area contributed by atoms with Gasteiger partial charge in [-0.05, 0) is 38.3 Å². The average molecular weight is 376 g/mol. The highest BCUT2D eigenvalue weighted by molar-refractivity contribution is 6.07. The molecule has 3 aromatic rings. The van der Waals surface area contributed by atoms with Gasteiger partial charge in [-0.2, -0.15) is 0 Å². The summed E-state index contributed by atoms with van der Waals surface area (Å²) >= 11 is 0. The van der Waals surface area contributed by atoms with Gasteiger partial charge in [-0.25, -0.2) is 15.0 Å². The van der Waals surface area contributed by atoms with Gasteiger partial charge in [-0.15, -0.1) is 0 Å². The van der Waals surface area contributed by atoms with Crippen LogP contribution >= 0.6 is 0 Å². The van der Waals surface area contributed by atoms with E-state index in [1.807, 2.05) is 42.2 Å². The van der Waals surface area contributed by atoms with E-state index in [1.54, 1.807) is 12.4 Å². The molecular formula is C22H24N4O2. The van der Waals surface area contributed by atoms with Crippen molar-refractivity contribution in [1.82, 2.24) is 19.9 Å². The third-order valence-electron chi connectivity index (χ3n) is 5.17. The van der Waals surface area contributed by atoms with Crippen molar-refractivity contribution in [1.29, 1.82) is 0 Å². The van der Waals surface area contributed by atoms with E-state index in [0.717, 1.165) is 42.3 Å². The minimum Gasteiger partial charge on any atom is -0.376 e. The van der Waals surface area contributed by atoms with Crippen molar-refractivity contribution in [2.75, 3.05) is 19.7 Å². The second kappa shape index (κ2) is 8.44. The number of carbonyl (C=O) groups excluding carboxylic acids is 1. The van der Waals surface area contributed by atoms with Gasteiger partial charge in [0.25, 0.3) is 5.91 Å². The maximum atomic E-state index is 13.5. The number of aromatic nitrogens is 3. The number of fused-ring (bicyclic) bond motifs is 1. The fraction of sp³-hybridized carbons (Fsp3) is 0.364. The van der Waals surface area contributed by atoms with Crippen LogP contribution in [0, 0.1) is 0 Å². The average Bonchev–Trinajstić information content (AvgIpc) is 2.77. The molecule has 0 spiro atoms. The molecule has 0 bridgehead atoms. The van der Waals surface area contributed by atoms with E-state index in [4.69, 9.17) is 9.72 Å². The molecule has 2 aromatic heterocycles. The topological polar surface area (TPSA) is 68.2 Å². The quantitative estimate of drug-likeness (QED) is 0.679. The Balaban J connectivity index is 1.72. The van der Waals surface area contributed by atoms with Gasteiger partial charge < -0.3 is 9.64 Å². The smallest absolute Gasteiger partial charge is 0.254 e. The van der Waals surface area contributed by atoms with E-state index >= 15 is 0 Å². The Kier molecular flexibility index (Phi) is 5.58. The monoisotopic (exact) mass is 376 g/mol. The molecule has 0 N–H and O–H groups in total. The minimum atomic E-state index is 0.00775. The zero-order valence-electron chi connectivity index (χ0n) is 16.0. The van der Waals surface area contributed by atoms with Crippen molar-refractivity contribution in [2.24, 2.45) is 0 Å². The number of hydrogen-bond donors (Lipinski definition) is 0. The van der Waals surface area contributed by atoms with Crippen LogP contribution in [0.2, 0.25) is 0 Å². The molecule has 144 valence electrons. The van der Waals surface area contributed by atoms with E-state index in [2.05, 4.69) is 9.97 Å². The van der Waals surface area contributed by atoms with Crippen LogP contribution in [0.25, 0.3) is 22.2 Å². The molecule has 28 heavy (non-hydrogen) atoms. The molecule has 1 atom stereocenters. The molecule has 0 saturated carbocycles. The maximum Gasteiger partial charge on any atom is 0.254 e. The van der Waals surface area contributed by atoms with Crippen LogP contribution in [0.1, 0.15) is 36.5 Å². The van der Waals surface area contributed by atoms with Crippen LogP contribution < -0.4 is 0 Å². The van der Waals surface area contributed by atoms with Crippen molar-refractivity contribution in [3.63, 3.8) is 0 Å². The van der Waals surface area contributed by atoms with Crippen molar-refractivity contribution in [3.8, 4) is 11.3 Å². The summed E-state index contributed by atoms with van der Waals surface area (Å²) in [6.45, 7) is 4.05. The molecular weight excluding hydrogens is 352 g/mol. The second-order valence-corrected chi connectivity index (χ2v) is 7.03. The molecule has 6 nitrogen and oxygen atoms in total. The standard InChI is InChI=1S/C22H24N4O2/c1-2-26(14-17-7-5-6-10-28-17)22(27)19-11-21(16-12-23-15-24-13-16)25-20-9-4-3-8-18(19)20/h3-4,8-9,11-13,15,17H,2,5-7,10,14H2,1H3/t17-/m1/s1. The summed E-state index contributed by atoms with van der Waals surface area (Å²) in [4.78, 5) is 28.2. The van der Waals surface area contributed by atoms with Gasteiger partial charge in [-0.3, -0.25) is 4.79 Å². The van der Waals surface area contributed by atoms with E-state index in [0.29, 0.717) is 24.3 Å². The van der Waals surface area contributed by atoms with E-state index in [9.17, 15) is 4.79 Å². The number of likely N-dealkylation sites (N-methyl/N-ethyl adjacent to an activating group) is 1. The molecule has 0 unspecified atom stereocenters. The summed E-state index contributed by atoms with van der Waals surface area (Å²) in [7, 11) is 0. The molecule has 0 aliphatic carbocycles. The molecule has 1 aliphatic rings. The number of ether oxygens (including phenoxy) is 1. The first kappa shape index (κ1) is 18.5. The third kappa shape index (κ3) is 3.87. The Morgan fingerprint density at radius 2 is 2.04 bits per heavy atom. The highest BCUT2D eigenvalue weighted by Gasteiger charge is 2.23. The number of carbonyl (C=O) groups is 1. The van der Waals surface area contributed by atoms with Gasteiger partial charge in [0, 0.05) is 43.0 Å². The van der Waals surface area contributed by atoms with Crippen LogP contribution in [0.3, 0.4) is 0 Å². The lowest BCUT2D eigenvalue weighted by Crippen LogP contribution is -2.39. The van der Waals surface area contributed by atoms with E-state index < -0.39 is 0 Å². The Bertz CT molecular complexity index is 955. The fourth-order valence-electron chi connectivity index (χ4n) is 3.65. The number of nitrogens with zero attached hydrogens (tertiary/aromatic N) is 4. The van der Waals surface area contributed by atoms with Crippen molar-refractivity contribution >= 4 is 16.8 Å². The van der Waals surface area contributed by atoms with Gasteiger partial charge in [0.15, 0.2) is 0 Å². The minimum absolute atomic E-state index is 0.00775. The molecule has 0 radical (unpaired) electrons. The van der Waals surface area contributed by atoms with Crippen LogP contribution in [0.4, 0.5) is 0 Å². The molecule has 1 amide bonds. The van der Waals surface area contributed by atoms with Crippen LogP contribution in [-0.2, 0) is 4.74 Å². The number of amides is 1. The van der Waals surface area contributed by atoms with E-state index in [-0.39, 0.29) is 12.0 Å². The van der Waals surface area contributed by atoms with Gasteiger partial charge in [0.2, 0.25) is 0 Å². The Labute approximate surface area is 164 Å². The summed E-state index contributed by atoms with van der Waals surface area (Å²) in [5, 5.41) is 0.858. The van der Waals surface area contributed by atoms with Crippen LogP contribution in [0.15, 0.2) is 49.1 Å². The number of pyridine rings is 1. The number of benzene rings is 1. The zero-order chi connectivity index (χ0) is 19.3. The predicted octanol–water partition coefficient (Wildman–Crippen LogP) is 3.72. The lowest BCUT2D eigenvalue weighted by molar-refractivity contribution is -0.00307. The number of para-hydroxylation sites is 1. The highest BCUT2D eigenvalue weighted by atomic mass is 16.5. The summed E-state index contributed by atoms with van der Waals surface area (Å²) in [5.41, 5.74) is 2.94. The normalized spacial score (nSPS) is 16.8. The zero-order valence-corrected chi connectivity index (χ0v) is 16.0. The van der Waals surface area contributed by atoms with Gasteiger partial charge in [0.1, 0.15) is 6.33 Å². The lowest BCUT2D eigenvalue weighted by atomic mass is 10.0. The van der Waals surface area contributed by atoms with Gasteiger partial charge >= 0.3 is 0 Å². The van der Waals surface area contributed by atoms with Gasteiger partial charge in [-0.1, -0.05) is 18.2 Å². The second-order valence-electron chi connectivity index (χ2n) is 7.03. The summed E-state index contributed by atoms with van der Waals surface area (Å²) in [6.07, 6.45) is 8.30. The molecule has 1 aliphatic heterocycles. The Morgan fingerprint density at radius 3 is 2.79 bits per heavy atom. The SMILES string of the molecule is CCN(C[C@H]1CCCCO1)C(=O)c1cc(-c2cncnc2)nc2ccccc12. The third-order valence-corrected chi connectivity index (χ3v) is 5.17. The molecule has 1 fully saturated rings. The molecule has 3 heterocycles. The maximum absolute atomic E-state index is 13.5. The van der Waals surface area contributed by atoms with Crippen molar-refractivity contribution in [3.05, 3.63) is 54.6 Å². The molecule has 1 aromatic carbocycles. The summed E-state index contributed by atoms with van der Waals surface area (Å²) in [5.74, 6) is 0.00775. The highest BCUT2D eigenvalue weighted by Crippen LogP contribution is 2.25. The fourth-order valence-corrected chi connectivity index (χ4v) is 3.65. The van der Waals surface area contributed by atoms with E-state index in [1.165, 1.54) is 6.33 Å². The summed E-state index contributed by atoms with van der Waals surface area (Å²) in [6, 6.07) is 9.61. The van der Waals surface area contributed by atoms with Gasteiger partial charge in [0.05, 0.1) is 22.9 Å². The number of rotatable bonds is 5. The van der Waals surface area contributed by atoms with Crippen molar-refractivity contribution < 1.29 is 9.53 Å². The molecule has 4 rings (SSSR count). The summed E-state index contributed by atoms with van der Waals surface area (Å²) < 4.78 is 5.85. The predicted molar refractivity (Wildman–Crippen MR) is 108 cm³/mol. The van der Waals surface area contributed by atoms with Crippen molar-refractivity contribution in [2.45, 2.75) is 32.3 Å². The molecule has 1 saturated heterocycles. The first-order valence-corrected chi connectivity index (χ1v) is 9.82. The number of hydrogen-bond acceptors (Lipinski definition) is 5.